The fourth-order valence-corrected chi connectivity index (χ4v) is 4.94. The lowest BCUT2D eigenvalue weighted by Crippen LogP contribution is -2.33. The van der Waals surface area contributed by atoms with Crippen LogP contribution in [0.5, 0.6) is 5.75 Å². The Labute approximate surface area is 211 Å². The number of amides is 1. The molecule has 0 bridgehead atoms. The molecule has 0 spiro atoms. The van der Waals surface area contributed by atoms with Crippen molar-refractivity contribution in [3.63, 3.8) is 0 Å². The molecule has 6 nitrogen and oxygen atoms in total. The van der Waals surface area contributed by atoms with Gasteiger partial charge in [-0.15, -0.1) is 11.3 Å². The van der Waals surface area contributed by atoms with E-state index in [9.17, 15) is 4.79 Å². The molecule has 0 saturated carbocycles. The van der Waals surface area contributed by atoms with E-state index in [2.05, 4.69) is 27.8 Å². The van der Waals surface area contributed by atoms with Gasteiger partial charge in [0, 0.05) is 50.4 Å². The van der Waals surface area contributed by atoms with Crippen molar-refractivity contribution in [2.45, 2.75) is 19.1 Å². The van der Waals surface area contributed by atoms with Crippen LogP contribution in [0.3, 0.4) is 0 Å². The van der Waals surface area contributed by atoms with Crippen LogP contribution in [0.4, 0.5) is 5.69 Å². The number of thiophene rings is 1. The Morgan fingerprint density at radius 3 is 2.70 bits per heavy atom. The number of rotatable bonds is 8. The van der Waals surface area contributed by atoms with E-state index in [0.717, 1.165) is 30.0 Å². The number of nitrogens with zero attached hydrogens (tertiary/aromatic N) is 3. The number of benzene rings is 1. The smallest absolute Gasteiger partial charge is 0.257 e. The Kier molecular flexibility index (Phi) is 9.02. The quantitative estimate of drug-likeness (QED) is 0.480. The lowest BCUT2D eigenvalue weighted by molar-refractivity contribution is 0.0754. The van der Waals surface area contributed by atoms with Gasteiger partial charge in [-0.1, -0.05) is 29.8 Å². The van der Waals surface area contributed by atoms with E-state index in [0.29, 0.717) is 30.2 Å². The molecular weight excluding hydrogens is 476 g/mol. The zero-order chi connectivity index (χ0) is 22.5. The summed E-state index contributed by atoms with van der Waals surface area (Å²) in [6.07, 6.45) is 4.10. The van der Waals surface area contributed by atoms with E-state index in [1.54, 1.807) is 23.7 Å². The molecule has 1 N–H and O–H groups in total. The average molecular weight is 505 g/mol. The summed E-state index contributed by atoms with van der Waals surface area (Å²) in [7, 11) is 3.90. The molecule has 1 aliphatic heterocycles. The summed E-state index contributed by atoms with van der Waals surface area (Å²) >= 11 is 8.03. The fraction of sp³-hybridized carbons (Fsp3) is 0.333. The molecule has 0 unspecified atom stereocenters. The van der Waals surface area contributed by atoms with Gasteiger partial charge in [0.05, 0.1) is 16.3 Å². The van der Waals surface area contributed by atoms with E-state index in [1.165, 1.54) is 4.88 Å². The van der Waals surface area contributed by atoms with Crippen molar-refractivity contribution in [3.05, 3.63) is 75.2 Å². The van der Waals surface area contributed by atoms with Crippen LogP contribution >= 0.6 is 36.4 Å². The Morgan fingerprint density at radius 1 is 1.21 bits per heavy atom. The van der Waals surface area contributed by atoms with Gasteiger partial charge in [-0.05, 0) is 42.7 Å². The van der Waals surface area contributed by atoms with Crippen LogP contribution in [0.25, 0.3) is 0 Å². The molecule has 0 aliphatic carbocycles. The average Bonchev–Trinajstić information content (AvgIpc) is 3.30. The monoisotopic (exact) mass is 504 g/mol. The van der Waals surface area contributed by atoms with Gasteiger partial charge in [0.25, 0.3) is 5.91 Å². The zero-order valence-corrected chi connectivity index (χ0v) is 21.3. The second-order valence-electron chi connectivity index (χ2n) is 7.82. The van der Waals surface area contributed by atoms with E-state index in [1.807, 2.05) is 48.2 Å². The second kappa shape index (κ2) is 11.7. The summed E-state index contributed by atoms with van der Waals surface area (Å²) in [5.74, 6) is 0.774. The number of carbonyl (C=O) groups excluding carboxylic acids is 1. The first-order valence-corrected chi connectivity index (χ1v) is 11.9. The van der Waals surface area contributed by atoms with Crippen LogP contribution in [0.15, 0.2) is 54.2 Å². The summed E-state index contributed by atoms with van der Waals surface area (Å²) in [6.45, 7) is 2.72. The minimum atomic E-state index is -0.0514. The summed E-state index contributed by atoms with van der Waals surface area (Å²) in [6, 6.07) is 12.2. The third kappa shape index (κ3) is 6.00. The predicted molar refractivity (Wildman–Crippen MR) is 140 cm³/mol. The Hall–Kier alpha value is -2.26. The summed E-state index contributed by atoms with van der Waals surface area (Å²) in [5, 5.41) is 5.77. The normalized spacial score (nSPS) is 14.3. The second-order valence-corrected chi connectivity index (χ2v) is 9.21. The Balaban J connectivity index is 0.00000306. The lowest BCUT2D eigenvalue weighted by Gasteiger charge is -2.22. The number of likely N-dealkylation sites (N-methyl/N-ethyl adjacent to an activating group) is 1. The number of nitrogens with one attached hydrogen (secondary N) is 1. The summed E-state index contributed by atoms with van der Waals surface area (Å²) in [4.78, 5) is 22.4. The fourth-order valence-electron chi connectivity index (χ4n) is 3.85. The maximum atomic E-state index is 13.2. The first-order chi connectivity index (χ1) is 15.6. The van der Waals surface area contributed by atoms with Crippen molar-refractivity contribution in [2.75, 3.05) is 38.6 Å². The van der Waals surface area contributed by atoms with Crippen LogP contribution in [-0.2, 0) is 6.54 Å². The SMILES string of the molecule is CNCC[C@H](Oc1ccc(CN2CCN(C)c3c(Cl)cncc3C2=O)cc1)c1cccs1.S. The molecule has 0 saturated heterocycles. The predicted octanol–water partition coefficient (Wildman–Crippen LogP) is 4.73. The van der Waals surface area contributed by atoms with Crippen LogP contribution in [0.2, 0.25) is 5.02 Å². The number of carbonyl (C=O) groups is 1. The highest BCUT2D eigenvalue weighted by molar-refractivity contribution is 7.59. The number of ether oxygens (including phenoxy) is 1. The first-order valence-electron chi connectivity index (χ1n) is 10.6. The maximum Gasteiger partial charge on any atom is 0.257 e. The number of pyridine rings is 1. The van der Waals surface area contributed by atoms with Crippen molar-refractivity contribution in [1.82, 2.24) is 15.2 Å². The van der Waals surface area contributed by atoms with Gasteiger partial charge in [-0.3, -0.25) is 9.78 Å². The minimum absolute atomic E-state index is 0. The summed E-state index contributed by atoms with van der Waals surface area (Å²) < 4.78 is 6.28. The molecule has 176 valence electrons. The number of aromatic nitrogens is 1. The molecule has 4 rings (SSSR count). The number of anilines is 1. The van der Waals surface area contributed by atoms with Crippen LogP contribution in [0.1, 0.15) is 33.3 Å². The Bertz CT molecular complexity index is 1050. The molecule has 0 fully saturated rings. The zero-order valence-electron chi connectivity index (χ0n) is 18.8. The van der Waals surface area contributed by atoms with Crippen molar-refractivity contribution < 1.29 is 9.53 Å². The number of hydrogen-bond donors (Lipinski definition) is 1. The molecule has 0 radical (unpaired) electrons. The number of fused-ring (bicyclic) bond motifs is 1. The van der Waals surface area contributed by atoms with Crippen molar-refractivity contribution in [1.29, 1.82) is 0 Å². The van der Waals surface area contributed by atoms with Gasteiger partial charge in [0.2, 0.25) is 0 Å². The highest BCUT2D eigenvalue weighted by Crippen LogP contribution is 2.32. The molecule has 1 aromatic carbocycles. The van der Waals surface area contributed by atoms with Crippen LogP contribution < -0.4 is 15.0 Å². The molecule has 1 atom stereocenters. The van der Waals surface area contributed by atoms with Gasteiger partial charge in [-0.2, -0.15) is 13.5 Å². The third-order valence-corrected chi connectivity index (χ3v) is 6.81. The van der Waals surface area contributed by atoms with Crippen LogP contribution in [0, 0.1) is 0 Å². The highest BCUT2D eigenvalue weighted by atomic mass is 35.5. The largest absolute Gasteiger partial charge is 0.485 e. The van der Waals surface area contributed by atoms with E-state index >= 15 is 0 Å². The van der Waals surface area contributed by atoms with E-state index in [-0.39, 0.29) is 25.5 Å². The molecule has 3 aromatic rings. The van der Waals surface area contributed by atoms with E-state index < -0.39 is 0 Å². The third-order valence-electron chi connectivity index (χ3n) is 5.57. The highest BCUT2D eigenvalue weighted by Gasteiger charge is 2.27. The van der Waals surface area contributed by atoms with Crippen molar-refractivity contribution in [3.8, 4) is 5.75 Å². The van der Waals surface area contributed by atoms with Gasteiger partial charge in [0.1, 0.15) is 11.9 Å². The standard InChI is InChI=1S/C24H27ClN4O2S.H2S/c1-26-10-9-21(22-4-3-13-32-22)31-18-7-5-17(6-8-18)16-29-12-11-28(2)23-19(24(29)30)14-27-15-20(23)25;/h3-8,13-15,21,26H,9-12,16H2,1-2H3;1H2/t21-;/m0./s1. The number of halogens is 1. The van der Waals surface area contributed by atoms with Gasteiger partial charge in [0.15, 0.2) is 0 Å². The van der Waals surface area contributed by atoms with Crippen molar-refractivity contribution in [2.24, 2.45) is 0 Å². The maximum absolute atomic E-state index is 13.2. The van der Waals surface area contributed by atoms with Crippen molar-refractivity contribution >= 4 is 48.0 Å². The molecule has 9 heteroatoms. The molecule has 2 aromatic heterocycles. The summed E-state index contributed by atoms with van der Waals surface area (Å²) in [5.41, 5.74) is 2.34. The molecular formula is C24H29ClN4O2S2. The minimum Gasteiger partial charge on any atom is -0.485 e. The Morgan fingerprint density at radius 2 is 2.00 bits per heavy atom. The van der Waals surface area contributed by atoms with Gasteiger partial charge < -0.3 is 19.9 Å². The lowest BCUT2D eigenvalue weighted by atomic mass is 10.1. The van der Waals surface area contributed by atoms with Gasteiger partial charge in [-0.25, -0.2) is 0 Å². The molecule has 1 amide bonds. The molecule has 3 heterocycles. The van der Waals surface area contributed by atoms with E-state index in [4.69, 9.17) is 16.3 Å². The first kappa shape index (κ1) is 25.4. The van der Waals surface area contributed by atoms with Gasteiger partial charge >= 0.3 is 0 Å². The topological polar surface area (TPSA) is 57.7 Å². The molecule has 33 heavy (non-hydrogen) atoms. The number of hydrogen-bond acceptors (Lipinski definition) is 6. The van der Waals surface area contributed by atoms with Crippen LogP contribution in [-0.4, -0.2) is 49.5 Å². The molecule has 1 aliphatic rings.